The van der Waals surface area contributed by atoms with Crippen LogP contribution in [-0.2, 0) is 26.9 Å². The number of hydrogen-bond donors (Lipinski definition) is 0. The zero-order valence-corrected chi connectivity index (χ0v) is 38.9. The van der Waals surface area contributed by atoms with Crippen LogP contribution in [-0.4, -0.2) is 8.07 Å². The van der Waals surface area contributed by atoms with Crippen molar-refractivity contribution in [1.82, 2.24) is 0 Å². The fourth-order valence-corrected chi connectivity index (χ4v) is 15.6. The molecule has 1 unspecified atom stereocenters. The van der Waals surface area contributed by atoms with Gasteiger partial charge in [-0.3, -0.25) is 0 Å². The summed E-state index contributed by atoms with van der Waals surface area (Å²) in [6.07, 6.45) is 8.73. The first-order valence-electron chi connectivity index (χ1n) is 19.2. The monoisotopic (exact) mass is 818 g/mol. The van der Waals surface area contributed by atoms with Crippen molar-refractivity contribution in [3.8, 4) is 0 Å². The Morgan fingerprint density at radius 3 is 1.06 bits per heavy atom. The fraction of sp³-hybridized carbons (Fsp3) is 0.417. The van der Waals surface area contributed by atoms with E-state index in [1.807, 2.05) is 0 Å². The van der Waals surface area contributed by atoms with Crippen molar-refractivity contribution in [3.63, 3.8) is 0 Å². The Balaban J connectivity index is 0.00000324. The number of halogens is 3. The first-order chi connectivity index (χ1) is 23.5. The second-order valence-electron chi connectivity index (χ2n) is 16.9. The zero-order chi connectivity index (χ0) is 36.5. The van der Waals surface area contributed by atoms with Crippen LogP contribution >= 0.6 is 0 Å². The average Bonchev–Trinajstić information content (AvgIpc) is 3.45. The molecule has 1 aliphatic rings. The van der Waals surface area contributed by atoms with E-state index in [-0.39, 0.29) is 40.6 Å². The van der Waals surface area contributed by atoms with E-state index in [1.54, 1.807) is 15.6 Å². The fourth-order valence-electron chi connectivity index (χ4n) is 7.70. The van der Waals surface area contributed by atoms with Gasteiger partial charge in [-0.05, 0) is 0 Å². The zero-order valence-electron chi connectivity index (χ0n) is 34.1. The quantitative estimate of drug-likeness (QED) is 0.153. The summed E-state index contributed by atoms with van der Waals surface area (Å²) in [5, 5.41) is 4.63. The van der Waals surface area contributed by atoms with Crippen molar-refractivity contribution in [3.05, 3.63) is 148 Å². The maximum atomic E-state index is 2.69. The number of allylic oxidation sites excluding steroid dienone is 4. The summed E-state index contributed by atoms with van der Waals surface area (Å²) in [6, 6.07) is 34.3. The van der Waals surface area contributed by atoms with Crippen LogP contribution in [0.2, 0.25) is 3.34 Å². The molecule has 0 aliphatic heterocycles. The number of rotatable bonds is 12. The van der Waals surface area contributed by atoms with Crippen molar-refractivity contribution >= 4 is 23.6 Å². The molecule has 5 rings (SSSR count). The molecule has 53 heavy (non-hydrogen) atoms. The van der Waals surface area contributed by atoms with Crippen LogP contribution in [0.15, 0.2) is 109 Å². The van der Waals surface area contributed by atoms with E-state index in [0.717, 1.165) is 6.42 Å². The second kappa shape index (κ2) is 19.3. The molecule has 0 amide bonds. The molecule has 0 N–H and O–H groups in total. The molecule has 4 aromatic carbocycles. The molecule has 0 radical (unpaired) electrons. The summed E-state index contributed by atoms with van der Waals surface area (Å²) in [4.78, 5) is 0. The molecule has 1 atom stereocenters. The summed E-state index contributed by atoms with van der Waals surface area (Å²) in [7, 11) is -2.90. The van der Waals surface area contributed by atoms with Gasteiger partial charge in [0.1, 0.15) is 0 Å². The van der Waals surface area contributed by atoms with E-state index >= 15 is 0 Å². The third-order valence-corrected chi connectivity index (χ3v) is 18.3. The molecular formula is C48H61Cl3SiTi. The van der Waals surface area contributed by atoms with Gasteiger partial charge in [-0.2, -0.15) is 0 Å². The van der Waals surface area contributed by atoms with Crippen molar-refractivity contribution < 1.29 is 57.7 Å². The van der Waals surface area contributed by atoms with E-state index < -0.39 is 8.07 Å². The van der Waals surface area contributed by atoms with Gasteiger partial charge in [0.15, 0.2) is 0 Å². The Morgan fingerprint density at radius 2 is 0.774 bits per heavy atom. The van der Waals surface area contributed by atoms with Gasteiger partial charge in [0, 0.05) is 0 Å². The minimum Gasteiger partial charge on any atom is -1.00 e. The van der Waals surface area contributed by atoms with Crippen LogP contribution in [0.25, 0.3) is 0 Å². The molecule has 0 aromatic heterocycles. The molecule has 0 nitrogen and oxygen atoms in total. The Bertz CT molecular complexity index is 1640. The van der Waals surface area contributed by atoms with Crippen LogP contribution in [0.3, 0.4) is 0 Å². The molecule has 0 saturated heterocycles. The van der Waals surface area contributed by atoms with Gasteiger partial charge in [-0.25, -0.2) is 0 Å². The third kappa shape index (κ3) is 9.95. The molecule has 0 fully saturated rings. The minimum atomic E-state index is -2.90. The van der Waals surface area contributed by atoms with Gasteiger partial charge in [0.05, 0.1) is 0 Å². The second-order valence-corrected chi connectivity index (χ2v) is 23.1. The van der Waals surface area contributed by atoms with Gasteiger partial charge in [0.2, 0.25) is 0 Å². The van der Waals surface area contributed by atoms with Gasteiger partial charge in [0.25, 0.3) is 0 Å². The molecule has 0 bridgehead atoms. The normalized spacial score (nSPS) is 15.7. The van der Waals surface area contributed by atoms with Gasteiger partial charge < -0.3 is 37.2 Å². The molecular weight excluding hydrogens is 759 g/mol. The summed E-state index contributed by atoms with van der Waals surface area (Å²) in [5.41, 5.74) is 11.5. The maximum Gasteiger partial charge on any atom is -1.00 e. The summed E-state index contributed by atoms with van der Waals surface area (Å²) in [5.74, 6) is 2.65. The van der Waals surface area contributed by atoms with E-state index in [2.05, 4.69) is 207 Å². The van der Waals surface area contributed by atoms with Crippen molar-refractivity contribution in [2.45, 2.75) is 128 Å². The standard InChI is InChI=1S/C48H61Si.3ClH.Ti/c1-31(2)39-22-40(32(3)4)26-46(25-39)49(47-27-41(33(5)6)23-42(28-47)34(7)8,48-29-43(35(9)10)24-44(30-48)36(11)12)45-19-18-38(21-45)20-37-16-14-13-15-17-37;;;;/h13-19,21-36H,20H2,1-12H3;3*1H;/q;;;;+3/p-3. The Kier molecular flexibility index (Phi) is 17.3. The van der Waals surface area contributed by atoms with Crippen molar-refractivity contribution in [2.75, 3.05) is 0 Å². The van der Waals surface area contributed by atoms with Gasteiger partial charge in [-0.15, -0.1) is 0 Å². The Morgan fingerprint density at radius 1 is 0.472 bits per heavy atom. The molecule has 282 valence electrons. The first kappa shape index (κ1) is 47.3. The first-order valence-corrected chi connectivity index (χ1v) is 22.0. The molecule has 4 aromatic rings. The largest absolute Gasteiger partial charge is 1.00 e. The molecule has 0 saturated carbocycles. The van der Waals surface area contributed by atoms with Crippen molar-refractivity contribution in [1.29, 1.82) is 0 Å². The number of benzene rings is 4. The smallest absolute Gasteiger partial charge is 1.00 e. The van der Waals surface area contributed by atoms with E-state index in [9.17, 15) is 0 Å². The SMILES string of the molecule is CC(C)c1cc(C(C)C)cc([Si](c2cc(C(C)C)cc(C(C)C)c2)(c2cc(C(C)C)cc(C(C)C)c2)[C]2([Ti+3])C=CC(Cc3ccccc3)=C2)c1.[Cl-].[Cl-].[Cl-]. The van der Waals surface area contributed by atoms with E-state index in [4.69, 9.17) is 0 Å². The molecule has 1 aliphatic carbocycles. The van der Waals surface area contributed by atoms with Crippen LogP contribution in [0.4, 0.5) is 0 Å². The predicted molar refractivity (Wildman–Crippen MR) is 219 cm³/mol. The summed E-state index contributed by atoms with van der Waals surface area (Å²) >= 11 is 2.58. The minimum absolute atomic E-state index is 0. The van der Waals surface area contributed by atoms with E-state index in [0.29, 0.717) is 35.5 Å². The van der Waals surface area contributed by atoms with Crippen LogP contribution in [0, 0.1) is 0 Å². The van der Waals surface area contributed by atoms with Gasteiger partial charge >= 0.3 is 320 Å². The van der Waals surface area contributed by atoms with Crippen molar-refractivity contribution in [2.24, 2.45) is 0 Å². The average molecular weight is 820 g/mol. The molecule has 0 heterocycles. The number of hydrogen-bond acceptors (Lipinski definition) is 0. The summed E-state index contributed by atoms with van der Waals surface area (Å²) < 4.78 is -0.200. The predicted octanol–water partition coefficient (Wildman–Crippen LogP) is 2.89. The third-order valence-electron chi connectivity index (χ3n) is 11.1. The van der Waals surface area contributed by atoms with E-state index in [1.165, 1.54) is 44.5 Å². The molecule has 0 spiro atoms. The van der Waals surface area contributed by atoms with Gasteiger partial charge in [-0.1, -0.05) is 0 Å². The van der Waals surface area contributed by atoms with Crippen LogP contribution < -0.4 is 52.8 Å². The Hall–Kier alpha value is -1.84. The van der Waals surface area contributed by atoms with Crippen LogP contribution in [0.5, 0.6) is 0 Å². The topological polar surface area (TPSA) is 0 Å². The molecule has 5 heteroatoms. The Labute approximate surface area is 354 Å². The summed E-state index contributed by atoms with van der Waals surface area (Å²) in [6.45, 7) is 28.4. The maximum absolute atomic E-state index is 2.90. The van der Waals surface area contributed by atoms with Crippen LogP contribution in [0.1, 0.15) is 158 Å².